The molecule has 0 aromatic rings. The average Bonchev–Trinajstić information content (AvgIpc) is 3.22. The highest BCUT2D eigenvalue weighted by Gasteiger charge is 2.32. The molecule has 2 amide bonds. The minimum Gasteiger partial charge on any atom is -0.481 e. The lowest BCUT2D eigenvalue weighted by molar-refractivity contribution is -0.141. The first-order chi connectivity index (χ1) is 8.99. The van der Waals surface area contributed by atoms with Crippen molar-refractivity contribution in [1.82, 2.24) is 15.1 Å². The van der Waals surface area contributed by atoms with E-state index in [0.29, 0.717) is 0 Å². The molecule has 0 aromatic carbocycles. The lowest BCUT2D eigenvalue weighted by Gasteiger charge is -2.35. The van der Waals surface area contributed by atoms with E-state index in [-0.39, 0.29) is 12.1 Å². The van der Waals surface area contributed by atoms with Crippen LogP contribution in [0.15, 0.2) is 0 Å². The summed E-state index contributed by atoms with van der Waals surface area (Å²) < 4.78 is 0. The maximum atomic E-state index is 12.0. The number of aliphatic carboxylic acids is 1. The number of piperazine rings is 1. The fourth-order valence-electron chi connectivity index (χ4n) is 2.35. The van der Waals surface area contributed by atoms with Gasteiger partial charge >= 0.3 is 12.0 Å². The Morgan fingerprint density at radius 2 is 1.74 bits per heavy atom. The molecule has 1 aliphatic heterocycles. The number of carboxylic acid groups (broad SMARTS) is 1. The predicted molar refractivity (Wildman–Crippen MR) is 71.0 cm³/mol. The van der Waals surface area contributed by atoms with Crippen molar-refractivity contribution in [3.8, 4) is 0 Å². The Kier molecular flexibility index (Phi) is 4.29. The average molecular weight is 269 g/mol. The van der Waals surface area contributed by atoms with Crippen molar-refractivity contribution in [3.05, 3.63) is 0 Å². The van der Waals surface area contributed by atoms with Gasteiger partial charge in [-0.15, -0.1) is 0 Å². The van der Waals surface area contributed by atoms with Crippen LogP contribution in [0.2, 0.25) is 0 Å². The molecule has 0 spiro atoms. The van der Waals surface area contributed by atoms with Crippen LogP contribution < -0.4 is 5.32 Å². The van der Waals surface area contributed by atoms with E-state index in [1.165, 1.54) is 12.8 Å². The van der Waals surface area contributed by atoms with Crippen molar-refractivity contribution >= 4 is 12.0 Å². The molecule has 1 aliphatic carbocycles. The summed E-state index contributed by atoms with van der Waals surface area (Å²) in [5.74, 6) is -1.46. The third-order valence-corrected chi connectivity index (χ3v) is 4.16. The summed E-state index contributed by atoms with van der Waals surface area (Å²) in [6.45, 7) is 6.67. The largest absolute Gasteiger partial charge is 0.481 e. The zero-order valence-corrected chi connectivity index (χ0v) is 11.6. The van der Waals surface area contributed by atoms with Crippen LogP contribution >= 0.6 is 0 Å². The molecule has 1 heterocycles. The Balaban J connectivity index is 1.75. The van der Waals surface area contributed by atoms with Crippen LogP contribution in [0.1, 0.15) is 26.7 Å². The highest BCUT2D eigenvalue weighted by Crippen LogP contribution is 2.27. The van der Waals surface area contributed by atoms with Crippen LogP contribution in [0.5, 0.6) is 0 Å². The molecule has 2 unspecified atom stereocenters. The molecule has 108 valence electrons. The summed E-state index contributed by atoms with van der Waals surface area (Å²) in [4.78, 5) is 27.1. The number of nitrogens with zero attached hydrogens (tertiary/aromatic N) is 2. The number of carbonyl (C=O) groups excluding carboxylic acids is 1. The van der Waals surface area contributed by atoms with Crippen molar-refractivity contribution in [1.29, 1.82) is 0 Å². The maximum Gasteiger partial charge on any atom is 0.317 e. The minimum atomic E-state index is -0.883. The van der Waals surface area contributed by atoms with E-state index in [4.69, 9.17) is 5.11 Å². The summed E-state index contributed by atoms with van der Waals surface area (Å²) in [5.41, 5.74) is 0. The van der Waals surface area contributed by atoms with Crippen molar-refractivity contribution in [2.24, 2.45) is 5.92 Å². The van der Waals surface area contributed by atoms with Crippen molar-refractivity contribution in [2.45, 2.75) is 38.8 Å². The highest BCUT2D eigenvalue weighted by atomic mass is 16.4. The number of carbonyl (C=O) groups is 2. The summed E-state index contributed by atoms with van der Waals surface area (Å²) in [6, 6.07) is 0.249. The van der Waals surface area contributed by atoms with E-state index in [9.17, 15) is 9.59 Å². The molecular weight excluding hydrogens is 246 g/mol. The van der Waals surface area contributed by atoms with Gasteiger partial charge < -0.3 is 15.3 Å². The number of hydrogen-bond donors (Lipinski definition) is 2. The molecule has 6 nitrogen and oxygen atoms in total. The summed E-state index contributed by atoms with van der Waals surface area (Å²) >= 11 is 0. The molecule has 1 saturated carbocycles. The van der Waals surface area contributed by atoms with Gasteiger partial charge in [0.25, 0.3) is 0 Å². The van der Waals surface area contributed by atoms with E-state index in [1.54, 1.807) is 18.7 Å². The van der Waals surface area contributed by atoms with Crippen LogP contribution in [0.4, 0.5) is 4.79 Å². The van der Waals surface area contributed by atoms with Crippen LogP contribution in [0.3, 0.4) is 0 Å². The molecule has 0 bridgehead atoms. The van der Waals surface area contributed by atoms with Gasteiger partial charge in [0.15, 0.2) is 0 Å². The maximum absolute atomic E-state index is 12.0. The topological polar surface area (TPSA) is 72.9 Å². The fourth-order valence-corrected chi connectivity index (χ4v) is 2.35. The second-order valence-electron chi connectivity index (χ2n) is 5.62. The van der Waals surface area contributed by atoms with Crippen LogP contribution in [0, 0.1) is 5.92 Å². The highest BCUT2D eigenvalue weighted by molar-refractivity contribution is 5.76. The van der Waals surface area contributed by atoms with E-state index < -0.39 is 11.9 Å². The second kappa shape index (κ2) is 5.77. The SMILES string of the molecule is CC(NC(=O)N1CCN(C2CC2)CC1)C(C)C(=O)O. The first-order valence-electron chi connectivity index (χ1n) is 7.01. The molecule has 0 aromatic heterocycles. The van der Waals surface area contributed by atoms with Crippen LogP contribution in [-0.2, 0) is 4.79 Å². The van der Waals surface area contributed by atoms with E-state index in [2.05, 4.69) is 10.2 Å². The van der Waals surface area contributed by atoms with Crippen LogP contribution in [0.25, 0.3) is 0 Å². The quantitative estimate of drug-likeness (QED) is 0.783. The fraction of sp³-hybridized carbons (Fsp3) is 0.846. The van der Waals surface area contributed by atoms with Crippen molar-refractivity contribution in [2.75, 3.05) is 26.2 Å². The van der Waals surface area contributed by atoms with Gasteiger partial charge in [-0.05, 0) is 26.7 Å². The molecule has 19 heavy (non-hydrogen) atoms. The Hall–Kier alpha value is -1.30. The normalized spacial score (nSPS) is 23.8. The van der Waals surface area contributed by atoms with Gasteiger partial charge in [-0.25, -0.2) is 4.79 Å². The van der Waals surface area contributed by atoms with Gasteiger partial charge in [-0.3, -0.25) is 9.69 Å². The standard InChI is InChI=1S/C13H23N3O3/c1-9(12(17)18)10(2)14-13(19)16-7-5-15(6-8-16)11-3-4-11/h9-11H,3-8H2,1-2H3,(H,14,19)(H,17,18). The molecule has 2 rings (SSSR count). The first-order valence-corrected chi connectivity index (χ1v) is 7.01. The molecule has 6 heteroatoms. The monoisotopic (exact) mass is 269 g/mol. The second-order valence-corrected chi connectivity index (χ2v) is 5.62. The molecule has 0 radical (unpaired) electrons. The third-order valence-electron chi connectivity index (χ3n) is 4.16. The number of carboxylic acids is 1. The molecule has 1 saturated heterocycles. The molecular formula is C13H23N3O3. The zero-order chi connectivity index (χ0) is 14.0. The van der Waals surface area contributed by atoms with Crippen molar-refractivity contribution < 1.29 is 14.7 Å². The molecule has 2 aliphatic rings. The van der Waals surface area contributed by atoms with Crippen molar-refractivity contribution in [3.63, 3.8) is 0 Å². The number of amides is 2. The van der Waals surface area contributed by atoms with E-state index in [0.717, 1.165) is 32.2 Å². The van der Waals surface area contributed by atoms with Gasteiger partial charge in [-0.1, -0.05) is 0 Å². The summed E-state index contributed by atoms with van der Waals surface area (Å²) in [5, 5.41) is 11.7. The first kappa shape index (κ1) is 14.1. The Labute approximate surface area is 113 Å². The Morgan fingerprint density at radius 3 is 2.21 bits per heavy atom. The smallest absolute Gasteiger partial charge is 0.317 e. The summed E-state index contributed by atoms with van der Waals surface area (Å²) in [6.07, 6.45) is 2.58. The van der Waals surface area contributed by atoms with E-state index in [1.807, 2.05) is 0 Å². The molecule has 2 atom stereocenters. The molecule has 2 N–H and O–H groups in total. The number of nitrogens with one attached hydrogen (secondary N) is 1. The Morgan fingerprint density at radius 1 is 1.16 bits per heavy atom. The summed E-state index contributed by atoms with van der Waals surface area (Å²) in [7, 11) is 0. The van der Waals surface area contributed by atoms with Crippen LogP contribution in [-0.4, -0.2) is 65.2 Å². The number of rotatable bonds is 4. The number of hydrogen-bond acceptors (Lipinski definition) is 3. The van der Waals surface area contributed by atoms with Gasteiger partial charge in [0.05, 0.1) is 5.92 Å². The third kappa shape index (κ3) is 3.59. The lowest BCUT2D eigenvalue weighted by Crippen LogP contribution is -2.54. The molecule has 2 fully saturated rings. The van der Waals surface area contributed by atoms with Gasteiger partial charge in [-0.2, -0.15) is 0 Å². The number of urea groups is 1. The predicted octanol–water partition coefficient (Wildman–Crippen LogP) is 0.585. The lowest BCUT2D eigenvalue weighted by atomic mass is 10.0. The van der Waals surface area contributed by atoms with Gasteiger partial charge in [0, 0.05) is 38.3 Å². The van der Waals surface area contributed by atoms with E-state index >= 15 is 0 Å². The minimum absolute atomic E-state index is 0.143. The zero-order valence-electron chi connectivity index (χ0n) is 11.6. The van der Waals surface area contributed by atoms with Gasteiger partial charge in [0.2, 0.25) is 0 Å². The Bertz CT molecular complexity index is 349. The van der Waals surface area contributed by atoms with Gasteiger partial charge in [0.1, 0.15) is 0 Å².